The van der Waals surface area contributed by atoms with Crippen molar-refractivity contribution in [2.24, 2.45) is 0 Å². The molecule has 286 valence electrons. The lowest BCUT2D eigenvalue weighted by atomic mass is 10.1. The summed E-state index contributed by atoms with van der Waals surface area (Å²) in [6.07, 6.45) is 40.3. The number of carbonyl (C=O) groups excluding carboxylic acids is 3. The van der Waals surface area contributed by atoms with Crippen LogP contribution in [-0.2, 0) is 28.6 Å². The Morgan fingerprint density at radius 3 is 1.08 bits per heavy atom. The standard InChI is InChI=1S/C43H78O6/c1-4-7-10-13-16-18-20-21-22-24-25-27-30-33-36-42(45)48-39-40(38-47-41(44)35-32-29-15-12-9-6-3)49-43(46)37-34-31-28-26-23-19-17-14-11-8-5-2/h14,17,20-21,40H,4-13,15-16,18-19,22-39H2,1-3H3/b17-14-,21-20-. The molecule has 49 heavy (non-hydrogen) atoms. The molecule has 0 aliphatic rings. The van der Waals surface area contributed by atoms with E-state index in [2.05, 4.69) is 45.1 Å². The smallest absolute Gasteiger partial charge is 0.306 e. The first-order valence-electron chi connectivity index (χ1n) is 20.8. The van der Waals surface area contributed by atoms with E-state index in [1.165, 1.54) is 96.3 Å². The topological polar surface area (TPSA) is 78.9 Å². The highest BCUT2D eigenvalue weighted by molar-refractivity contribution is 5.71. The number of allylic oxidation sites excluding steroid dienone is 4. The molecule has 6 heteroatoms. The van der Waals surface area contributed by atoms with Crippen LogP contribution in [0.25, 0.3) is 0 Å². The highest BCUT2D eigenvalue weighted by Gasteiger charge is 2.19. The Morgan fingerprint density at radius 2 is 0.694 bits per heavy atom. The van der Waals surface area contributed by atoms with E-state index in [1.54, 1.807) is 0 Å². The fourth-order valence-corrected chi connectivity index (χ4v) is 5.71. The number of unbranched alkanes of at least 4 members (excludes halogenated alkanes) is 22. The van der Waals surface area contributed by atoms with Crippen LogP contribution in [0.2, 0.25) is 0 Å². The van der Waals surface area contributed by atoms with E-state index >= 15 is 0 Å². The predicted octanol–water partition coefficient (Wildman–Crippen LogP) is 12.9. The molecule has 0 aliphatic carbocycles. The van der Waals surface area contributed by atoms with Crippen molar-refractivity contribution in [2.45, 2.75) is 219 Å². The molecule has 0 fully saturated rings. The van der Waals surface area contributed by atoms with E-state index in [1.807, 2.05) is 0 Å². The van der Waals surface area contributed by atoms with Crippen LogP contribution in [0.1, 0.15) is 213 Å². The van der Waals surface area contributed by atoms with Gasteiger partial charge in [0.1, 0.15) is 13.2 Å². The summed E-state index contributed by atoms with van der Waals surface area (Å²) in [6.45, 7) is 6.50. The summed E-state index contributed by atoms with van der Waals surface area (Å²) < 4.78 is 16.6. The Kier molecular flexibility index (Phi) is 37.0. The summed E-state index contributed by atoms with van der Waals surface area (Å²) >= 11 is 0. The van der Waals surface area contributed by atoms with E-state index in [9.17, 15) is 14.4 Å². The van der Waals surface area contributed by atoms with Crippen LogP contribution < -0.4 is 0 Å². The van der Waals surface area contributed by atoms with Gasteiger partial charge in [0, 0.05) is 19.3 Å². The lowest BCUT2D eigenvalue weighted by Gasteiger charge is -2.18. The molecule has 0 bridgehead atoms. The fraction of sp³-hybridized carbons (Fsp3) is 0.837. The molecular weight excluding hydrogens is 612 g/mol. The number of hydrogen-bond donors (Lipinski definition) is 0. The van der Waals surface area contributed by atoms with E-state index in [0.29, 0.717) is 19.3 Å². The Labute approximate surface area is 303 Å². The van der Waals surface area contributed by atoms with Crippen molar-refractivity contribution >= 4 is 17.9 Å². The summed E-state index contributed by atoms with van der Waals surface area (Å²) in [5.41, 5.74) is 0. The highest BCUT2D eigenvalue weighted by Crippen LogP contribution is 2.13. The minimum Gasteiger partial charge on any atom is -0.462 e. The molecular formula is C43H78O6. The van der Waals surface area contributed by atoms with Crippen molar-refractivity contribution in [3.8, 4) is 0 Å². The van der Waals surface area contributed by atoms with Gasteiger partial charge in [-0.05, 0) is 64.2 Å². The third-order valence-electron chi connectivity index (χ3n) is 8.93. The average Bonchev–Trinajstić information content (AvgIpc) is 3.10. The Bertz CT molecular complexity index is 804. The van der Waals surface area contributed by atoms with Crippen molar-refractivity contribution in [3.63, 3.8) is 0 Å². The second-order valence-corrected chi connectivity index (χ2v) is 13.9. The molecule has 6 nitrogen and oxygen atoms in total. The van der Waals surface area contributed by atoms with E-state index < -0.39 is 6.10 Å². The minimum atomic E-state index is -0.770. The van der Waals surface area contributed by atoms with Crippen LogP contribution in [-0.4, -0.2) is 37.2 Å². The quantitative estimate of drug-likeness (QED) is 0.0279. The van der Waals surface area contributed by atoms with Crippen molar-refractivity contribution in [1.29, 1.82) is 0 Å². The molecule has 0 saturated carbocycles. The number of carbonyl (C=O) groups is 3. The molecule has 0 saturated heterocycles. The number of hydrogen-bond acceptors (Lipinski definition) is 6. The molecule has 0 spiro atoms. The van der Waals surface area contributed by atoms with Gasteiger partial charge < -0.3 is 14.2 Å². The zero-order valence-electron chi connectivity index (χ0n) is 32.5. The van der Waals surface area contributed by atoms with Gasteiger partial charge in [-0.15, -0.1) is 0 Å². The third kappa shape index (κ3) is 37.0. The van der Waals surface area contributed by atoms with Crippen LogP contribution in [0.5, 0.6) is 0 Å². The second-order valence-electron chi connectivity index (χ2n) is 13.9. The Hall–Kier alpha value is -2.11. The predicted molar refractivity (Wildman–Crippen MR) is 206 cm³/mol. The maximum atomic E-state index is 12.6. The summed E-state index contributed by atoms with van der Waals surface area (Å²) in [5.74, 6) is -0.906. The van der Waals surface area contributed by atoms with Gasteiger partial charge in [0.15, 0.2) is 6.10 Å². The Balaban J connectivity index is 4.31. The van der Waals surface area contributed by atoms with Gasteiger partial charge in [-0.3, -0.25) is 14.4 Å². The summed E-state index contributed by atoms with van der Waals surface area (Å²) in [7, 11) is 0. The van der Waals surface area contributed by atoms with E-state index in [-0.39, 0.29) is 31.1 Å². The molecule has 1 unspecified atom stereocenters. The normalized spacial score (nSPS) is 12.1. The zero-order chi connectivity index (χ0) is 35.9. The van der Waals surface area contributed by atoms with Gasteiger partial charge in [-0.25, -0.2) is 0 Å². The SMILES string of the molecule is CCCC/C=C\CCCCCCCC(=O)OC(COC(=O)CCCCCCCC)COC(=O)CCCCCCC/C=C\CCCCCCC. The molecule has 0 N–H and O–H groups in total. The largest absolute Gasteiger partial charge is 0.462 e. The molecule has 0 amide bonds. The van der Waals surface area contributed by atoms with E-state index in [4.69, 9.17) is 14.2 Å². The Morgan fingerprint density at radius 1 is 0.388 bits per heavy atom. The lowest BCUT2D eigenvalue weighted by molar-refractivity contribution is -0.167. The van der Waals surface area contributed by atoms with Crippen LogP contribution >= 0.6 is 0 Å². The minimum absolute atomic E-state index is 0.0766. The molecule has 0 aromatic rings. The number of ether oxygens (including phenoxy) is 3. The van der Waals surface area contributed by atoms with Crippen molar-refractivity contribution in [3.05, 3.63) is 24.3 Å². The fourth-order valence-electron chi connectivity index (χ4n) is 5.71. The van der Waals surface area contributed by atoms with Crippen LogP contribution in [0.15, 0.2) is 24.3 Å². The summed E-state index contributed by atoms with van der Waals surface area (Å²) in [6, 6.07) is 0. The first kappa shape index (κ1) is 46.9. The van der Waals surface area contributed by atoms with Gasteiger partial charge in [0.05, 0.1) is 0 Å². The number of esters is 3. The zero-order valence-corrected chi connectivity index (χ0v) is 32.5. The molecule has 0 radical (unpaired) electrons. The summed E-state index contributed by atoms with van der Waals surface area (Å²) in [5, 5.41) is 0. The van der Waals surface area contributed by atoms with Crippen molar-refractivity contribution < 1.29 is 28.6 Å². The molecule has 1 atom stereocenters. The monoisotopic (exact) mass is 691 g/mol. The van der Waals surface area contributed by atoms with E-state index in [0.717, 1.165) is 77.0 Å². The van der Waals surface area contributed by atoms with Crippen molar-refractivity contribution in [2.75, 3.05) is 13.2 Å². The van der Waals surface area contributed by atoms with Crippen LogP contribution in [0.3, 0.4) is 0 Å². The van der Waals surface area contributed by atoms with Gasteiger partial charge in [-0.1, -0.05) is 154 Å². The molecule has 0 aliphatic heterocycles. The molecule has 0 aromatic heterocycles. The maximum absolute atomic E-state index is 12.6. The third-order valence-corrected chi connectivity index (χ3v) is 8.93. The highest BCUT2D eigenvalue weighted by atomic mass is 16.6. The van der Waals surface area contributed by atoms with Crippen LogP contribution in [0.4, 0.5) is 0 Å². The maximum Gasteiger partial charge on any atom is 0.306 e. The molecule has 0 rings (SSSR count). The van der Waals surface area contributed by atoms with Gasteiger partial charge >= 0.3 is 17.9 Å². The van der Waals surface area contributed by atoms with Gasteiger partial charge in [0.25, 0.3) is 0 Å². The molecule has 0 aromatic carbocycles. The first-order chi connectivity index (χ1) is 24.0. The first-order valence-corrected chi connectivity index (χ1v) is 20.8. The average molecular weight is 691 g/mol. The molecule has 0 heterocycles. The summed E-state index contributed by atoms with van der Waals surface area (Å²) in [4.78, 5) is 37.4. The second kappa shape index (κ2) is 38.7. The lowest BCUT2D eigenvalue weighted by Crippen LogP contribution is -2.30. The van der Waals surface area contributed by atoms with Gasteiger partial charge in [0.2, 0.25) is 0 Å². The van der Waals surface area contributed by atoms with Crippen LogP contribution in [0, 0.1) is 0 Å². The van der Waals surface area contributed by atoms with Gasteiger partial charge in [-0.2, -0.15) is 0 Å². The van der Waals surface area contributed by atoms with Crippen molar-refractivity contribution in [1.82, 2.24) is 0 Å². The number of rotatable bonds is 37.